The van der Waals surface area contributed by atoms with E-state index in [0.717, 1.165) is 9.25 Å². The lowest BCUT2D eigenvalue weighted by Gasteiger charge is -2.08. The van der Waals surface area contributed by atoms with Gasteiger partial charge >= 0.3 is 11.9 Å². The molecular formula is C13H12ClF3N4O2. The minimum Gasteiger partial charge on any atom is -0.368 e. The van der Waals surface area contributed by atoms with Gasteiger partial charge in [-0.15, -0.1) is 5.10 Å². The molecule has 0 radical (unpaired) electrons. The van der Waals surface area contributed by atoms with Crippen molar-refractivity contribution in [3.63, 3.8) is 0 Å². The highest BCUT2D eigenvalue weighted by Gasteiger charge is 2.28. The second-order valence-corrected chi connectivity index (χ2v) is 5.19. The average molecular weight is 349 g/mol. The van der Waals surface area contributed by atoms with Crippen LogP contribution < -0.4 is 11.4 Å². The molecule has 1 heterocycles. The van der Waals surface area contributed by atoms with E-state index in [4.69, 9.17) is 17.3 Å². The number of carbonyl (C=O) groups excluding carboxylic acids is 1. The smallest absolute Gasteiger partial charge is 0.368 e. The van der Waals surface area contributed by atoms with Crippen LogP contribution in [0.2, 0.25) is 5.02 Å². The van der Waals surface area contributed by atoms with Gasteiger partial charge in [0, 0.05) is 17.1 Å². The molecule has 124 valence electrons. The molecule has 0 unspecified atom stereocenters. The lowest BCUT2D eigenvalue weighted by molar-refractivity contribution is -0.136. The molecule has 0 atom stereocenters. The van der Waals surface area contributed by atoms with Crippen molar-refractivity contribution in [2.24, 2.45) is 5.73 Å². The summed E-state index contributed by atoms with van der Waals surface area (Å²) in [5.74, 6) is -0.813. The van der Waals surface area contributed by atoms with Gasteiger partial charge in [-0.2, -0.15) is 13.2 Å². The van der Waals surface area contributed by atoms with Crippen LogP contribution in [0.25, 0.3) is 11.4 Å². The number of aromatic nitrogens is 3. The molecule has 0 saturated heterocycles. The Morgan fingerprint density at radius 1 is 1.26 bits per heavy atom. The Labute approximate surface area is 133 Å². The number of rotatable bonds is 5. The maximum atomic E-state index is 12.4. The van der Waals surface area contributed by atoms with Crippen LogP contribution in [-0.2, 0) is 17.9 Å². The summed E-state index contributed by atoms with van der Waals surface area (Å²) in [6.07, 6.45) is -5.63. The number of hydrogen-bond donors (Lipinski definition) is 1. The van der Waals surface area contributed by atoms with Gasteiger partial charge in [0.05, 0.1) is 6.42 Å². The first kappa shape index (κ1) is 17.1. The van der Waals surface area contributed by atoms with Gasteiger partial charge in [0.15, 0.2) is 5.82 Å². The van der Waals surface area contributed by atoms with Crippen molar-refractivity contribution in [2.45, 2.75) is 25.7 Å². The second-order valence-electron chi connectivity index (χ2n) is 4.75. The molecular weight excluding hydrogens is 337 g/mol. The minimum absolute atomic E-state index is 0.0113. The van der Waals surface area contributed by atoms with E-state index in [-0.39, 0.29) is 5.82 Å². The van der Waals surface area contributed by atoms with Gasteiger partial charge in [0.2, 0.25) is 5.91 Å². The molecule has 0 aliphatic carbocycles. The van der Waals surface area contributed by atoms with Crippen molar-refractivity contribution in [1.29, 1.82) is 0 Å². The fourth-order valence-corrected chi connectivity index (χ4v) is 2.07. The van der Waals surface area contributed by atoms with E-state index in [9.17, 15) is 22.8 Å². The second kappa shape index (κ2) is 6.45. The molecule has 2 N–H and O–H groups in total. The zero-order valence-corrected chi connectivity index (χ0v) is 12.4. The summed E-state index contributed by atoms with van der Waals surface area (Å²) in [5, 5.41) is 4.33. The number of carbonyl (C=O) groups is 1. The lowest BCUT2D eigenvalue weighted by Crippen LogP contribution is -2.31. The van der Waals surface area contributed by atoms with Crippen molar-refractivity contribution in [1.82, 2.24) is 14.3 Å². The number of nitrogens with zero attached hydrogens (tertiary/aromatic N) is 3. The third kappa shape index (κ3) is 4.35. The number of nitrogens with two attached hydrogens (primary N) is 1. The molecule has 10 heteroatoms. The maximum absolute atomic E-state index is 12.4. The van der Waals surface area contributed by atoms with Crippen LogP contribution in [0.4, 0.5) is 13.2 Å². The Morgan fingerprint density at radius 2 is 1.87 bits per heavy atom. The van der Waals surface area contributed by atoms with E-state index in [2.05, 4.69) is 5.10 Å². The third-order valence-electron chi connectivity index (χ3n) is 2.95. The fraction of sp³-hybridized carbons (Fsp3) is 0.308. The molecule has 0 spiro atoms. The highest BCUT2D eigenvalue weighted by Crippen LogP contribution is 2.23. The van der Waals surface area contributed by atoms with Gasteiger partial charge in [-0.25, -0.2) is 9.48 Å². The summed E-state index contributed by atoms with van der Waals surface area (Å²) in [5.41, 5.74) is 4.57. The molecule has 0 aliphatic rings. The monoisotopic (exact) mass is 348 g/mol. The molecule has 6 nitrogen and oxygen atoms in total. The van der Waals surface area contributed by atoms with E-state index >= 15 is 0 Å². The molecule has 0 aliphatic heterocycles. The van der Waals surface area contributed by atoms with Gasteiger partial charge < -0.3 is 5.73 Å². The third-order valence-corrected chi connectivity index (χ3v) is 3.20. The SMILES string of the molecule is NC(=O)Cn1nc(-c2ccc(Cl)cc2)n(CCC(F)(F)F)c1=O. The van der Waals surface area contributed by atoms with E-state index in [1.165, 1.54) is 24.3 Å². The largest absolute Gasteiger partial charge is 0.390 e. The van der Waals surface area contributed by atoms with Gasteiger partial charge in [-0.3, -0.25) is 9.36 Å². The first-order chi connectivity index (χ1) is 10.7. The quantitative estimate of drug-likeness (QED) is 0.894. The first-order valence-electron chi connectivity index (χ1n) is 6.46. The number of alkyl halides is 3. The standard InChI is InChI=1S/C13H12ClF3N4O2/c14-9-3-1-8(2-4-9)11-19-21(7-10(18)22)12(23)20(11)6-5-13(15,16)17/h1-4H,5-7H2,(H2,18,22). The van der Waals surface area contributed by atoms with E-state index in [1.807, 2.05) is 0 Å². The van der Waals surface area contributed by atoms with E-state index in [0.29, 0.717) is 10.6 Å². The fourth-order valence-electron chi connectivity index (χ4n) is 1.94. The lowest BCUT2D eigenvalue weighted by atomic mass is 10.2. The van der Waals surface area contributed by atoms with Crippen LogP contribution in [-0.4, -0.2) is 26.4 Å². The zero-order chi connectivity index (χ0) is 17.2. The van der Waals surface area contributed by atoms with Gasteiger partial charge in [0.1, 0.15) is 6.54 Å². The minimum atomic E-state index is -4.43. The van der Waals surface area contributed by atoms with Crippen molar-refractivity contribution in [2.75, 3.05) is 0 Å². The van der Waals surface area contributed by atoms with Crippen molar-refractivity contribution in [3.8, 4) is 11.4 Å². The molecule has 2 aromatic rings. The molecule has 2 rings (SSSR count). The number of primary amides is 1. The molecule has 23 heavy (non-hydrogen) atoms. The normalized spacial score (nSPS) is 11.7. The summed E-state index contributed by atoms with van der Waals surface area (Å²) in [4.78, 5) is 23.1. The van der Waals surface area contributed by atoms with Crippen molar-refractivity contribution < 1.29 is 18.0 Å². The average Bonchev–Trinajstić information content (AvgIpc) is 2.73. The van der Waals surface area contributed by atoms with Crippen LogP contribution >= 0.6 is 11.6 Å². The maximum Gasteiger partial charge on any atom is 0.390 e. The summed E-state index contributed by atoms with van der Waals surface area (Å²) < 4.78 is 38.9. The molecule has 1 aromatic carbocycles. The van der Waals surface area contributed by atoms with Crippen LogP contribution in [0.3, 0.4) is 0 Å². The Balaban J connectivity index is 2.47. The van der Waals surface area contributed by atoms with Gasteiger partial charge in [-0.1, -0.05) is 11.6 Å². The molecule has 1 aromatic heterocycles. The predicted molar refractivity (Wildman–Crippen MR) is 76.8 cm³/mol. The molecule has 0 saturated carbocycles. The summed E-state index contributed by atoms with van der Waals surface area (Å²) in [7, 11) is 0. The highest BCUT2D eigenvalue weighted by molar-refractivity contribution is 6.30. The van der Waals surface area contributed by atoms with Gasteiger partial charge in [0.25, 0.3) is 0 Å². The molecule has 0 bridgehead atoms. The molecule has 0 fully saturated rings. The number of halogens is 4. The van der Waals surface area contributed by atoms with Crippen LogP contribution in [0.5, 0.6) is 0 Å². The molecule has 1 amide bonds. The van der Waals surface area contributed by atoms with E-state index in [1.54, 1.807) is 0 Å². The predicted octanol–water partition coefficient (Wildman–Crippen LogP) is 1.80. The van der Waals surface area contributed by atoms with Crippen molar-refractivity contribution >= 4 is 17.5 Å². The van der Waals surface area contributed by atoms with Crippen LogP contribution in [0.15, 0.2) is 29.1 Å². The van der Waals surface area contributed by atoms with E-state index < -0.39 is 37.3 Å². The summed E-state index contributed by atoms with van der Waals surface area (Å²) >= 11 is 5.76. The Hall–Kier alpha value is -2.29. The zero-order valence-electron chi connectivity index (χ0n) is 11.7. The number of hydrogen-bond acceptors (Lipinski definition) is 3. The number of benzene rings is 1. The number of amides is 1. The van der Waals surface area contributed by atoms with Crippen LogP contribution in [0, 0.1) is 0 Å². The topological polar surface area (TPSA) is 82.9 Å². The Bertz CT molecular complexity index is 765. The Kier molecular flexibility index (Phi) is 4.79. The van der Waals surface area contributed by atoms with Gasteiger partial charge in [-0.05, 0) is 24.3 Å². The summed E-state index contributed by atoms with van der Waals surface area (Å²) in [6, 6.07) is 6.07. The summed E-state index contributed by atoms with van der Waals surface area (Å²) in [6.45, 7) is -1.13. The Morgan fingerprint density at radius 3 is 2.39 bits per heavy atom. The van der Waals surface area contributed by atoms with Crippen LogP contribution in [0.1, 0.15) is 6.42 Å². The van der Waals surface area contributed by atoms with Crippen molar-refractivity contribution in [3.05, 3.63) is 39.8 Å². The highest BCUT2D eigenvalue weighted by atomic mass is 35.5. The first-order valence-corrected chi connectivity index (χ1v) is 6.84.